The third kappa shape index (κ3) is 4.65. The topological polar surface area (TPSA) is 110 Å². The Hall–Kier alpha value is -3.56. The van der Waals surface area contributed by atoms with E-state index in [-0.39, 0.29) is 5.56 Å². The average Bonchev–Trinajstić information content (AvgIpc) is 3.50. The summed E-state index contributed by atoms with van der Waals surface area (Å²) in [5.41, 5.74) is 3.34. The summed E-state index contributed by atoms with van der Waals surface area (Å²) in [6.45, 7) is 5.87. The van der Waals surface area contributed by atoms with E-state index in [4.69, 9.17) is 9.97 Å². The van der Waals surface area contributed by atoms with Crippen molar-refractivity contribution >= 4 is 22.7 Å². The number of anilines is 2. The lowest BCUT2D eigenvalue weighted by molar-refractivity contribution is 0.0738. The molecule has 1 fully saturated rings. The van der Waals surface area contributed by atoms with E-state index >= 15 is 0 Å². The number of hydrogen-bond acceptors (Lipinski definition) is 7. The first-order valence-corrected chi connectivity index (χ1v) is 13.2. The smallest absolute Gasteiger partial charge is 0.278 e. The van der Waals surface area contributed by atoms with Crippen molar-refractivity contribution in [2.75, 3.05) is 11.9 Å². The molecule has 0 amide bonds. The first-order chi connectivity index (χ1) is 17.9. The molecule has 37 heavy (non-hydrogen) atoms. The van der Waals surface area contributed by atoms with Crippen molar-refractivity contribution in [2.24, 2.45) is 5.92 Å². The third-order valence-corrected chi connectivity index (χ3v) is 7.51. The Morgan fingerprint density at radius 2 is 1.97 bits per heavy atom. The second-order valence-electron chi connectivity index (χ2n) is 10.8. The molecule has 192 valence electrons. The SMILES string of the molecule is CC(C)(O)c1cccc(-n2c3nc(Nc4ccc5c(c4)CCNC5)ncc3c(=O)n2CC2CCCC2)n1. The molecule has 9 heteroatoms. The lowest BCUT2D eigenvalue weighted by Crippen LogP contribution is -2.27. The van der Waals surface area contributed by atoms with E-state index in [0.717, 1.165) is 38.0 Å². The van der Waals surface area contributed by atoms with Gasteiger partial charge in [-0.25, -0.2) is 19.3 Å². The van der Waals surface area contributed by atoms with Crippen molar-refractivity contribution in [3.8, 4) is 5.82 Å². The van der Waals surface area contributed by atoms with Crippen LogP contribution >= 0.6 is 0 Å². The fourth-order valence-corrected chi connectivity index (χ4v) is 5.49. The number of benzene rings is 1. The zero-order valence-corrected chi connectivity index (χ0v) is 21.4. The first kappa shape index (κ1) is 23.8. The van der Waals surface area contributed by atoms with Crippen LogP contribution in [-0.4, -0.2) is 36.0 Å². The normalized spacial score (nSPS) is 16.3. The summed E-state index contributed by atoms with van der Waals surface area (Å²) in [4.78, 5) is 27.6. The van der Waals surface area contributed by atoms with E-state index in [0.29, 0.717) is 41.0 Å². The van der Waals surface area contributed by atoms with E-state index in [1.165, 1.54) is 24.0 Å². The predicted molar refractivity (Wildman–Crippen MR) is 143 cm³/mol. The Bertz CT molecular complexity index is 1510. The summed E-state index contributed by atoms with van der Waals surface area (Å²) in [5, 5.41) is 17.8. The highest BCUT2D eigenvalue weighted by molar-refractivity contribution is 5.77. The summed E-state index contributed by atoms with van der Waals surface area (Å²) in [5.74, 6) is 1.41. The summed E-state index contributed by atoms with van der Waals surface area (Å²) in [6, 6.07) is 11.8. The molecule has 1 aromatic carbocycles. The second kappa shape index (κ2) is 9.39. The van der Waals surface area contributed by atoms with Crippen LogP contribution in [0.2, 0.25) is 0 Å². The van der Waals surface area contributed by atoms with Crippen LogP contribution in [0.4, 0.5) is 11.6 Å². The molecule has 1 aliphatic heterocycles. The molecule has 0 bridgehead atoms. The van der Waals surface area contributed by atoms with Gasteiger partial charge < -0.3 is 15.7 Å². The highest BCUT2D eigenvalue weighted by atomic mass is 16.3. The first-order valence-electron chi connectivity index (χ1n) is 13.2. The van der Waals surface area contributed by atoms with Crippen molar-refractivity contribution in [1.29, 1.82) is 0 Å². The molecule has 1 saturated carbocycles. The molecule has 0 radical (unpaired) electrons. The summed E-state index contributed by atoms with van der Waals surface area (Å²) in [6.07, 6.45) is 7.19. The van der Waals surface area contributed by atoms with Gasteiger partial charge in [0.1, 0.15) is 11.0 Å². The summed E-state index contributed by atoms with van der Waals surface area (Å²) >= 11 is 0. The Balaban J connectivity index is 1.45. The maximum Gasteiger partial charge on any atom is 0.278 e. The molecule has 0 spiro atoms. The molecule has 2 aliphatic rings. The van der Waals surface area contributed by atoms with Crippen LogP contribution in [0.5, 0.6) is 0 Å². The lowest BCUT2D eigenvalue weighted by atomic mass is 10.0. The van der Waals surface area contributed by atoms with Crippen LogP contribution in [0.15, 0.2) is 47.4 Å². The van der Waals surface area contributed by atoms with Gasteiger partial charge in [0.25, 0.3) is 5.56 Å². The number of hydrogen-bond donors (Lipinski definition) is 3. The Kier molecular flexibility index (Phi) is 6.04. The van der Waals surface area contributed by atoms with Gasteiger partial charge in [-0.2, -0.15) is 4.98 Å². The molecule has 4 heterocycles. The van der Waals surface area contributed by atoms with Gasteiger partial charge in [0.2, 0.25) is 5.95 Å². The number of aromatic nitrogens is 5. The number of aliphatic hydroxyl groups is 1. The second-order valence-corrected chi connectivity index (χ2v) is 10.8. The molecule has 0 atom stereocenters. The van der Waals surface area contributed by atoms with Gasteiger partial charge in [-0.1, -0.05) is 25.0 Å². The molecule has 9 nitrogen and oxygen atoms in total. The van der Waals surface area contributed by atoms with E-state index in [9.17, 15) is 9.90 Å². The Morgan fingerprint density at radius 1 is 1.14 bits per heavy atom. The molecule has 6 rings (SSSR count). The quantitative estimate of drug-likeness (QED) is 0.370. The minimum atomic E-state index is -1.11. The molecule has 0 saturated heterocycles. The molecule has 3 aromatic heterocycles. The van der Waals surface area contributed by atoms with Crippen LogP contribution in [0, 0.1) is 5.92 Å². The van der Waals surface area contributed by atoms with Gasteiger partial charge >= 0.3 is 0 Å². The van der Waals surface area contributed by atoms with E-state index < -0.39 is 5.60 Å². The van der Waals surface area contributed by atoms with Crippen molar-refractivity contribution < 1.29 is 5.11 Å². The Labute approximate surface area is 215 Å². The van der Waals surface area contributed by atoms with Crippen molar-refractivity contribution in [3.05, 3.63) is 69.8 Å². The van der Waals surface area contributed by atoms with Gasteiger partial charge in [0.15, 0.2) is 11.5 Å². The molecule has 4 aromatic rings. The monoisotopic (exact) mass is 499 g/mol. The summed E-state index contributed by atoms with van der Waals surface area (Å²) in [7, 11) is 0. The maximum atomic E-state index is 13.6. The highest BCUT2D eigenvalue weighted by Crippen LogP contribution is 2.28. The maximum absolute atomic E-state index is 13.6. The number of fused-ring (bicyclic) bond motifs is 2. The minimum Gasteiger partial charge on any atom is -0.384 e. The van der Waals surface area contributed by atoms with Crippen molar-refractivity contribution in [1.82, 2.24) is 29.6 Å². The van der Waals surface area contributed by atoms with Crippen LogP contribution in [0.1, 0.15) is 56.4 Å². The third-order valence-electron chi connectivity index (χ3n) is 7.51. The van der Waals surface area contributed by atoms with E-state index in [1.807, 2.05) is 18.2 Å². The van der Waals surface area contributed by atoms with Gasteiger partial charge in [-0.15, -0.1) is 0 Å². The van der Waals surface area contributed by atoms with Crippen molar-refractivity contribution in [3.63, 3.8) is 0 Å². The lowest BCUT2D eigenvalue weighted by Gasteiger charge is -2.19. The van der Waals surface area contributed by atoms with E-state index in [1.54, 1.807) is 35.5 Å². The average molecular weight is 500 g/mol. The molecular weight excluding hydrogens is 466 g/mol. The van der Waals surface area contributed by atoms with Crippen LogP contribution in [0.3, 0.4) is 0 Å². The summed E-state index contributed by atoms with van der Waals surface area (Å²) < 4.78 is 3.55. The number of nitrogens with one attached hydrogen (secondary N) is 2. The fraction of sp³-hybridized carbons (Fsp3) is 0.429. The van der Waals surface area contributed by atoms with Crippen molar-refractivity contribution in [2.45, 2.75) is 64.6 Å². The molecule has 0 unspecified atom stereocenters. The van der Waals surface area contributed by atoms with Gasteiger partial charge in [0.05, 0.1) is 5.69 Å². The molecule has 3 N–H and O–H groups in total. The number of pyridine rings is 1. The van der Waals surface area contributed by atoms with Crippen LogP contribution < -0.4 is 16.2 Å². The van der Waals surface area contributed by atoms with Gasteiger partial charge in [0, 0.05) is 25.0 Å². The molecular formula is C28H33N7O2. The standard InChI is InChI=1S/C28H33N7O2/c1-28(2,37)23-8-5-9-24(32-23)35-25-22(26(36)34(35)17-18-6-3-4-7-18)16-30-27(33-25)31-21-11-10-20-15-29-13-12-19(20)14-21/h5,8-11,14,16,18,29,37H,3-4,6-7,12-13,15,17H2,1-2H3,(H,30,31,33). The van der Waals surface area contributed by atoms with Crippen LogP contribution in [0.25, 0.3) is 16.9 Å². The Morgan fingerprint density at radius 3 is 2.78 bits per heavy atom. The van der Waals surface area contributed by atoms with E-state index in [2.05, 4.69) is 27.8 Å². The number of rotatable bonds is 6. The fourth-order valence-electron chi connectivity index (χ4n) is 5.49. The molecule has 1 aliphatic carbocycles. The predicted octanol–water partition coefficient (Wildman–Crippen LogP) is 3.78. The van der Waals surface area contributed by atoms with Gasteiger partial charge in [-0.3, -0.25) is 4.79 Å². The largest absolute Gasteiger partial charge is 0.384 e. The minimum absolute atomic E-state index is 0.120. The van der Waals surface area contributed by atoms with Crippen LogP contribution in [-0.2, 0) is 25.1 Å². The number of nitrogens with zero attached hydrogens (tertiary/aromatic N) is 5. The zero-order chi connectivity index (χ0) is 25.6. The highest BCUT2D eigenvalue weighted by Gasteiger charge is 2.24. The van der Waals surface area contributed by atoms with Gasteiger partial charge in [-0.05, 0) is 81.0 Å². The zero-order valence-electron chi connectivity index (χ0n) is 21.4.